The maximum atomic E-state index is 10.9. The minimum Gasteiger partial charge on any atom is -0.369 e. The Morgan fingerprint density at radius 1 is 1.42 bits per heavy atom. The lowest BCUT2D eigenvalue weighted by atomic mass is 10.1. The molecule has 0 aliphatic carbocycles. The molecule has 0 bridgehead atoms. The number of nitro groups is 1. The van der Waals surface area contributed by atoms with Gasteiger partial charge >= 0.3 is 0 Å². The lowest BCUT2D eigenvalue weighted by Gasteiger charge is -2.15. The summed E-state index contributed by atoms with van der Waals surface area (Å²) in [5.41, 5.74) is 0. The molecule has 2 rings (SSSR count). The van der Waals surface area contributed by atoms with Gasteiger partial charge in [-0.2, -0.15) is 0 Å². The molecule has 0 aliphatic heterocycles. The second-order valence-electron chi connectivity index (χ2n) is 4.10. The highest BCUT2D eigenvalue weighted by molar-refractivity contribution is 7.19. The van der Waals surface area contributed by atoms with Gasteiger partial charge in [0.2, 0.25) is 6.04 Å². The predicted octanol–water partition coefficient (Wildman–Crippen LogP) is 4.56. The number of rotatable bonds is 4. The zero-order valence-corrected chi connectivity index (χ0v) is 12.6. The zero-order valence-electron chi connectivity index (χ0n) is 10.2. The first-order chi connectivity index (χ1) is 8.95. The molecular formula is C12H11Cl2NO3S. The number of benzene rings is 1. The minimum atomic E-state index is -0.869. The molecule has 7 heteroatoms. The lowest BCUT2D eigenvalue weighted by molar-refractivity contribution is -0.531. The Morgan fingerprint density at radius 2 is 2.11 bits per heavy atom. The maximum absolute atomic E-state index is 10.9. The van der Waals surface area contributed by atoms with Crippen LogP contribution in [-0.2, 0) is 4.74 Å². The Morgan fingerprint density at radius 3 is 2.68 bits per heavy atom. The van der Waals surface area contributed by atoms with Crippen LogP contribution in [0.1, 0.15) is 17.9 Å². The lowest BCUT2D eigenvalue weighted by Crippen LogP contribution is -2.25. The molecule has 2 unspecified atom stereocenters. The van der Waals surface area contributed by atoms with Gasteiger partial charge in [-0.05, 0) is 18.2 Å². The van der Waals surface area contributed by atoms with Gasteiger partial charge < -0.3 is 4.74 Å². The number of halogens is 2. The van der Waals surface area contributed by atoms with Gasteiger partial charge in [0.05, 0.1) is 9.90 Å². The van der Waals surface area contributed by atoms with Gasteiger partial charge in [0.25, 0.3) is 0 Å². The zero-order chi connectivity index (χ0) is 14.2. The topological polar surface area (TPSA) is 52.4 Å². The van der Waals surface area contributed by atoms with E-state index in [1.54, 1.807) is 12.1 Å². The van der Waals surface area contributed by atoms with E-state index in [1.165, 1.54) is 25.4 Å². The largest absolute Gasteiger partial charge is 0.369 e. The van der Waals surface area contributed by atoms with E-state index in [-0.39, 0.29) is 4.92 Å². The summed E-state index contributed by atoms with van der Waals surface area (Å²) in [6.07, 6.45) is -0.668. The van der Waals surface area contributed by atoms with Crippen LogP contribution in [0, 0.1) is 10.1 Å². The molecular weight excluding hydrogens is 309 g/mol. The van der Waals surface area contributed by atoms with Gasteiger partial charge in [-0.1, -0.05) is 23.2 Å². The van der Waals surface area contributed by atoms with Crippen molar-refractivity contribution in [2.75, 3.05) is 7.11 Å². The Bertz CT molecular complexity index is 629. The molecule has 19 heavy (non-hydrogen) atoms. The van der Waals surface area contributed by atoms with Crippen molar-refractivity contribution >= 4 is 44.6 Å². The van der Waals surface area contributed by atoms with Gasteiger partial charge in [0.15, 0.2) is 6.10 Å². The van der Waals surface area contributed by atoms with E-state index in [1.807, 2.05) is 6.07 Å². The molecule has 0 N–H and O–H groups in total. The fourth-order valence-corrected chi connectivity index (χ4v) is 3.74. The third-order valence-corrected chi connectivity index (χ3v) is 4.88. The summed E-state index contributed by atoms with van der Waals surface area (Å²) >= 11 is 13.6. The fraction of sp³-hybridized carbons (Fsp3) is 0.333. The Labute approximate surface area is 124 Å². The second kappa shape index (κ2) is 5.63. The van der Waals surface area contributed by atoms with E-state index in [2.05, 4.69) is 0 Å². The van der Waals surface area contributed by atoms with E-state index >= 15 is 0 Å². The van der Waals surface area contributed by atoms with Crippen LogP contribution in [0.15, 0.2) is 18.2 Å². The highest BCUT2D eigenvalue weighted by Gasteiger charge is 2.32. The highest BCUT2D eigenvalue weighted by atomic mass is 35.5. The van der Waals surface area contributed by atoms with Crippen molar-refractivity contribution in [2.24, 2.45) is 0 Å². The van der Waals surface area contributed by atoms with E-state index in [0.29, 0.717) is 14.9 Å². The number of fused-ring (bicyclic) bond motifs is 1. The summed E-state index contributed by atoms with van der Waals surface area (Å²) in [4.78, 5) is 11.2. The van der Waals surface area contributed by atoms with Gasteiger partial charge in [0.1, 0.15) is 0 Å². The monoisotopic (exact) mass is 319 g/mol. The quantitative estimate of drug-likeness (QED) is 0.613. The normalized spacial score (nSPS) is 14.5. The first kappa shape index (κ1) is 14.5. The van der Waals surface area contributed by atoms with Gasteiger partial charge in [-0.3, -0.25) is 10.1 Å². The van der Waals surface area contributed by atoms with E-state index in [0.717, 1.165) is 10.1 Å². The van der Waals surface area contributed by atoms with Crippen molar-refractivity contribution in [3.8, 4) is 0 Å². The predicted molar refractivity (Wildman–Crippen MR) is 78.1 cm³/mol. The second-order valence-corrected chi connectivity index (χ2v) is 6.00. The Kier molecular flexibility index (Phi) is 4.30. The molecule has 4 nitrogen and oxygen atoms in total. The average Bonchev–Trinajstić information content (AvgIpc) is 2.68. The van der Waals surface area contributed by atoms with Crippen molar-refractivity contribution < 1.29 is 9.66 Å². The average molecular weight is 320 g/mol. The van der Waals surface area contributed by atoms with Crippen molar-refractivity contribution in [2.45, 2.75) is 19.1 Å². The number of hydrogen-bond donors (Lipinski definition) is 0. The summed E-state index contributed by atoms with van der Waals surface area (Å²) in [6.45, 7) is 1.50. The molecule has 0 aliphatic rings. The Hall–Kier alpha value is -0.880. The molecule has 0 saturated carbocycles. The highest BCUT2D eigenvalue weighted by Crippen LogP contribution is 2.42. The molecule has 1 aromatic carbocycles. The Balaban J connectivity index is 2.55. The van der Waals surface area contributed by atoms with E-state index in [4.69, 9.17) is 27.9 Å². The van der Waals surface area contributed by atoms with Crippen molar-refractivity contribution in [1.29, 1.82) is 0 Å². The number of methoxy groups -OCH3 is 1. The van der Waals surface area contributed by atoms with Crippen LogP contribution >= 0.6 is 34.5 Å². The molecule has 2 atom stereocenters. The van der Waals surface area contributed by atoms with E-state index < -0.39 is 12.1 Å². The first-order valence-electron chi connectivity index (χ1n) is 5.49. The van der Waals surface area contributed by atoms with Crippen molar-refractivity contribution in [1.82, 2.24) is 0 Å². The number of hydrogen-bond acceptors (Lipinski definition) is 4. The maximum Gasteiger partial charge on any atom is 0.241 e. The molecule has 1 aromatic heterocycles. The summed E-state index contributed by atoms with van der Waals surface area (Å²) in [6, 6.07) is 4.49. The molecule has 0 spiro atoms. The summed E-state index contributed by atoms with van der Waals surface area (Å²) < 4.78 is 6.18. The standard InChI is InChI=1S/C12H11Cl2NO3S/c1-6(15(16)17)11(18-2)12-10(14)8-5-7(13)3-4-9(8)19-12/h3-6,11H,1-2H3. The van der Waals surface area contributed by atoms with E-state index in [9.17, 15) is 10.1 Å². The third kappa shape index (κ3) is 2.69. The smallest absolute Gasteiger partial charge is 0.241 e. The number of ether oxygens (including phenoxy) is 1. The van der Waals surface area contributed by atoms with Crippen molar-refractivity contribution in [3.63, 3.8) is 0 Å². The molecule has 1 heterocycles. The molecule has 0 saturated heterocycles. The molecule has 0 fully saturated rings. The summed E-state index contributed by atoms with van der Waals surface area (Å²) in [5.74, 6) is 0. The first-order valence-corrected chi connectivity index (χ1v) is 7.06. The SMILES string of the molecule is COC(c1sc2ccc(Cl)cc2c1Cl)C(C)[N+](=O)[O-]. The van der Waals surface area contributed by atoms with Crippen LogP contribution in [0.3, 0.4) is 0 Å². The fourth-order valence-electron chi connectivity index (χ4n) is 1.88. The van der Waals surface area contributed by atoms with Crippen LogP contribution < -0.4 is 0 Å². The number of nitrogens with zero attached hydrogens (tertiary/aromatic N) is 1. The van der Waals surface area contributed by atoms with Gasteiger partial charge in [-0.15, -0.1) is 11.3 Å². The molecule has 0 amide bonds. The van der Waals surface area contributed by atoms with Crippen LogP contribution in [0.5, 0.6) is 0 Å². The van der Waals surface area contributed by atoms with Gasteiger partial charge in [0, 0.05) is 34.1 Å². The van der Waals surface area contributed by atoms with Crippen LogP contribution in [0.25, 0.3) is 10.1 Å². The van der Waals surface area contributed by atoms with Crippen molar-refractivity contribution in [3.05, 3.63) is 43.2 Å². The summed E-state index contributed by atoms with van der Waals surface area (Å²) in [7, 11) is 1.44. The molecule has 0 radical (unpaired) electrons. The van der Waals surface area contributed by atoms with Crippen LogP contribution in [0.4, 0.5) is 0 Å². The third-order valence-electron chi connectivity index (χ3n) is 2.90. The molecule has 102 valence electrons. The minimum absolute atomic E-state index is 0.373. The van der Waals surface area contributed by atoms with Crippen LogP contribution in [-0.4, -0.2) is 18.1 Å². The number of thiophene rings is 1. The molecule has 2 aromatic rings. The van der Waals surface area contributed by atoms with Crippen LogP contribution in [0.2, 0.25) is 10.0 Å². The van der Waals surface area contributed by atoms with Gasteiger partial charge in [-0.25, -0.2) is 0 Å². The summed E-state index contributed by atoms with van der Waals surface area (Å²) in [5, 5.41) is 12.8.